The Morgan fingerprint density at radius 1 is 1.07 bits per heavy atom. The number of hydrogen-bond donors (Lipinski definition) is 2. The molecular formula is C20H12F3N3O2S. The minimum Gasteiger partial charge on any atom is -0.341 e. The SMILES string of the molecule is O=C1N=c2ccccc2=C/C1=C/c1sc(=O)[nH]c1Nc1cccc(C(F)(F)F)c1. The van der Waals surface area contributed by atoms with E-state index in [1.165, 1.54) is 18.2 Å². The number of fused-ring (bicyclic) bond motifs is 1. The Hall–Kier alpha value is -3.46. The zero-order chi connectivity index (χ0) is 20.6. The van der Waals surface area contributed by atoms with Gasteiger partial charge in [0.1, 0.15) is 5.82 Å². The summed E-state index contributed by atoms with van der Waals surface area (Å²) in [7, 11) is 0. The molecule has 0 radical (unpaired) electrons. The van der Waals surface area contributed by atoms with E-state index in [0.717, 1.165) is 28.7 Å². The number of benzene rings is 2. The second kappa shape index (κ2) is 7.17. The molecule has 0 saturated carbocycles. The molecule has 29 heavy (non-hydrogen) atoms. The summed E-state index contributed by atoms with van der Waals surface area (Å²) in [5.74, 6) is -0.263. The number of halogens is 3. The van der Waals surface area contributed by atoms with Crippen molar-refractivity contribution in [1.29, 1.82) is 0 Å². The number of nitrogens with one attached hydrogen (secondary N) is 2. The molecule has 1 amide bonds. The average molecular weight is 415 g/mol. The van der Waals surface area contributed by atoms with Gasteiger partial charge < -0.3 is 5.32 Å². The monoisotopic (exact) mass is 415 g/mol. The van der Waals surface area contributed by atoms with Gasteiger partial charge in [-0.2, -0.15) is 13.2 Å². The molecule has 0 spiro atoms. The highest BCUT2D eigenvalue weighted by molar-refractivity contribution is 7.10. The maximum Gasteiger partial charge on any atom is 0.416 e. The smallest absolute Gasteiger partial charge is 0.341 e. The Labute approximate surface area is 165 Å². The number of carbonyl (C=O) groups is 1. The van der Waals surface area contributed by atoms with Gasteiger partial charge in [-0.1, -0.05) is 35.6 Å². The van der Waals surface area contributed by atoms with Crippen molar-refractivity contribution in [2.75, 3.05) is 5.32 Å². The van der Waals surface area contributed by atoms with Crippen molar-refractivity contribution in [3.63, 3.8) is 0 Å². The molecule has 0 atom stereocenters. The third kappa shape index (κ3) is 4.04. The number of amides is 1. The fourth-order valence-electron chi connectivity index (χ4n) is 2.81. The van der Waals surface area contributed by atoms with Crippen LogP contribution in [0.15, 0.2) is 63.9 Å². The van der Waals surface area contributed by atoms with Gasteiger partial charge in [-0.15, -0.1) is 0 Å². The molecule has 0 bridgehead atoms. The summed E-state index contributed by atoms with van der Waals surface area (Å²) in [6.07, 6.45) is -1.34. The molecule has 0 fully saturated rings. The van der Waals surface area contributed by atoms with Crippen LogP contribution in [0.25, 0.3) is 12.2 Å². The molecule has 4 rings (SSSR count). The maximum absolute atomic E-state index is 12.9. The number of thiazole rings is 1. The van der Waals surface area contributed by atoms with Gasteiger partial charge in [-0.05, 0) is 36.4 Å². The Morgan fingerprint density at radius 3 is 2.66 bits per heavy atom. The van der Waals surface area contributed by atoms with E-state index in [1.807, 2.05) is 6.07 Å². The minimum atomic E-state index is -4.48. The summed E-state index contributed by atoms with van der Waals surface area (Å²) in [4.78, 5) is 30.7. The number of carbonyl (C=O) groups excluding carboxylic acids is 1. The molecule has 5 nitrogen and oxygen atoms in total. The molecule has 2 heterocycles. The van der Waals surface area contributed by atoms with Crippen LogP contribution in [0.5, 0.6) is 0 Å². The van der Waals surface area contributed by atoms with Gasteiger partial charge in [-0.25, -0.2) is 4.99 Å². The first-order valence-corrected chi connectivity index (χ1v) is 9.20. The standard InChI is InChI=1S/C20H12F3N3O2S/c21-20(22,23)13-5-3-6-14(10-13)24-17-16(29-19(28)26-17)9-12-8-11-4-1-2-7-15(11)25-18(12)27/h1-10,24H,(H,26,28)/b12-9-. The van der Waals surface area contributed by atoms with Gasteiger partial charge in [0.25, 0.3) is 5.91 Å². The highest BCUT2D eigenvalue weighted by atomic mass is 32.1. The molecule has 2 aromatic carbocycles. The van der Waals surface area contributed by atoms with Crippen molar-refractivity contribution in [3.05, 3.63) is 84.8 Å². The van der Waals surface area contributed by atoms with E-state index in [2.05, 4.69) is 15.3 Å². The number of para-hydroxylation sites is 1. The van der Waals surface area contributed by atoms with Crippen molar-refractivity contribution < 1.29 is 18.0 Å². The van der Waals surface area contributed by atoms with E-state index in [9.17, 15) is 22.8 Å². The lowest BCUT2D eigenvalue weighted by atomic mass is 10.1. The number of rotatable bonds is 3. The fourth-order valence-corrected chi connectivity index (χ4v) is 3.55. The Balaban J connectivity index is 1.72. The van der Waals surface area contributed by atoms with Crippen LogP contribution < -0.4 is 20.8 Å². The van der Waals surface area contributed by atoms with Gasteiger partial charge in [0.05, 0.1) is 15.8 Å². The topological polar surface area (TPSA) is 74.3 Å². The normalized spacial score (nSPS) is 14.9. The molecule has 0 unspecified atom stereocenters. The highest BCUT2D eigenvalue weighted by Gasteiger charge is 2.30. The first-order chi connectivity index (χ1) is 13.8. The van der Waals surface area contributed by atoms with Gasteiger partial charge in [-0.3, -0.25) is 14.6 Å². The van der Waals surface area contributed by atoms with E-state index in [-0.39, 0.29) is 17.1 Å². The summed E-state index contributed by atoms with van der Waals surface area (Å²) in [6.45, 7) is 0. The van der Waals surface area contributed by atoms with E-state index < -0.39 is 22.5 Å². The number of alkyl halides is 3. The van der Waals surface area contributed by atoms with Gasteiger partial charge in [0.2, 0.25) is 0 Å². The molecule has 1 aliphatic heterocycles. The van der Waals surface area contributed by atoms with Crippen molar-refractivity contribution in [2.45, 2.75) is 6.18 Å². The Kier molecular flexibility index (Phi) is 4.67. The maximum atomic E-state index is 12.9. The molecule has 1 aromatic heterocycles. The van der Waals surface area contributed by atoms with Crippen LogP contribution in [0.3, 0.4) is 0 Å². The second-order valence-corrected chi connectivity index (χ2v) is 7.19. The summed E-state index contributed by atoms with van der Waals surface area (Å²) < 4.78 is 38.8. The van der Waals surface area contributed by atoms with Crippen molar-refractivity contribution in [2.24, 2.45) is 4.99 Å². The summed E-state index contributed by atoms with van der Waals surface area (Å²) in [5, 5.41) is 4.10. The minimum absolute atomic E-state index is 0.155. The molecule has 1 aliphatic rings. The van der Waals surface area contributed by atoms with E-state index >= 15 is 0 Å². The zero-order valence-corrected chi connectivity index (χ0v) is 15.4. The lowest BCUT2D eigenvalue weighted by Gasteiger charge is -2.10. The third-order valence-electron chi connectivity index (χ3n) is 4.14. The predicted molar refractivity (Wildman–Crippen MR) is 104 cm³/mol. The van der Waals surface area contributed by atoms with Crippen LogP contribution >= 0.6 is 11.3 Å². The molecule has 9 heteroatoms. The second-order valence-electron chi connectivity index (χ2n) is 6.18. The van der Waals surface area contributed by atoms with Crippen LogP contribution in [-0.4, -0.2) is 10.9 Å². The predicted octanol–water partition coefficient (Wildman–Crippen LogP) is 3.22. The average Bonchev–Trinajstić information content (AvgIpc) is 3.00. The highest BCUT2D eigenvalue weighted by Crippen LogP contribution is 2.32. The number of aromatic amines is 1. The number of anilines is 2. The summed E-state index contributed by atoms with van der Waals surface area (Å²) >= 11 is 0.834. The van der Waals surface area contributed by atoms with Crippen molar-refractivity contribution >= 4 is 40.9 Å². The van der Waals surface area contributed by atoms with E-state index in [1.54, 1.807) is 24.3 Å². The van der Waals surface area contributed by atoms with Gasteiger partial charge in [0.15, 0.2) is 0 Å². The molecule has 0 aliphatic carbocycles. The molecule has 146 valence electrons. The van der Waals surface area contributed by atoms with Crippen LogP contribution in [0.4, 0.5) is 24.7 Å². The summed E-state index contributed by atoms with van der Waals surface area (Å²) in [5.41, 5.74) is -0.389. The molecule has 3 aromatic rings. The first-order valence-electron chi connectivity index (χ1n) is 8.38. The largest absolute Gasteiger partial charge is 0.416 e. The Bertz CT molecular complexity index is 1320. The quantitative estimate of drug-likeness (QED) is 0.645. The van der Waals surface area contributed by atoms with Gasteiger partial charge >= 0.3 is 11.0 Å². The lowest BCUT2D eigenvalue weighted by Crippen LogP contribution is -2.29. The van der Waals surface area contributed by atoms with Crippen LogP contribution in [0.1, 0.15) is 10.4 Å². The van der Waals surface area contributed by atoms with Crippen LogP contribution in [0.2, 0.25) is 0 Å². The number of H-pyrrole nitrogens is 1. The summed E-state index contributed by atoms with van der Waals surface area (Å²) in [6, 6.07) is 11.7. The Morgan fingerprint density at radius 2 is 1.86 bits per heavy atom. The van der Waals surface area contributed by atoms with E-state index in [4.69, 9.17) is 0 Å². The number of aromatic nitrogens is 1. The first kappa shape index (κ1) is 18.9. The third-order valence-corrected chi connectivity index (χ3v) is 4.97. The number of hydrogen-bond acceptors (Lipinski definition) is 4. The van der Waals surface area contributed by atoms with Crippen LogP contribution in [-0.2, 0) is 11.0 Å². The molecule has 2 N–H and O–H groups in total. The molecule has 0 saturated heterocycles. The van der Waals surface area contributed by atoms with Gasteiger partial charge in [0, 0.05) is 16.5 Å². The molecular weight excluding hydrogens is 403 g/mol. The fraction of sp³-hybridized carbons (Fsp3) is 0.0500. The van der Waals surface area contributed by atoms with E-state index in [0.29, 0.717) is 10.2 Å². The lowest BCUT2D eigenvalue weighted by molar-refractivity contribution is -0.137. The van der Waals surface area contributed by atoms with Crippen molar-refractivity contribution in [1.82, 2.24) is 4.98 Å². The number of nitrogens with zero attached hydrogens (tertiary/aromatic N) is 1. The van der Waals surface area contributed by atoms with Crippen LogP contribution in [0, 0.1) is 0 Å². The zero-order valence-electron chi connectivity index (χ0n) is 14.6. The van der Waals surface area contributed by atoms with Crippen molar-refractivity contribution in [3.8, 4) is 0 Å².